The minimum atomic E-state index is -0.362. The number of aryl methyl sites for hydroxylation is 1. The van der Waals surface area contributed by atoms with Gasteiger partial charge < -0.3 is 14.6 Å². The zero-order valence-corrected chi connectivity index (χ0v) is 20.8. The quantitative estimate of drug-likeness (QED) is 0.349. The number of hydrogen-bond donors (Lipinski definition) is 1. The van der Waals surface area contributed by atoms with E-state index in [0.29, 0.717) is 44.9 Å². The van der Waals surface area contributed by atoms with Crippen molar-refractivity contribution < 1.29 is 9.53 Å². The molecule has 0 saturated carbocycles. The van der Waals surface area contributed by atoms with E-state index in [1.807, 2.05) is 48.7 Å². The summed E-state index contributed by atoms with van der Waals surface area (Å²) < 4.78 is 8.04. The third kappa shape index (κ3) is 6.40. The average molecular weight is 493 g/mol. The van der Waals surface area contributed by atoms with Gasteiger partial charge in [-0.05, 0) is 49.6 Å². The predicted octanol–water partition coefficient (Wildman–Crippen LogP) is 6.42. The van der Waals surface area contributed by atoms with Gasteiger partial charge in [0.1, 0.15) is 5.75 Å². The van der Waals surface area contributed by atoms with Gasteiger partial charge >= 0.3 is 0 Å². The number of carbonyl (C=O) groups excluding carboxylic acids is 1. The Kier molecular flexibility index (Phi) is 8.45. The molecule has 3 aromatic rings. The Labute approximate surface area is 202 Å². The lowest BCUT2D eigenvalue weighted by atomic mass is 10.2. The number of benzene rings is 2. The Morgan fingerprint density at radius 3 is 2.56 bits per heavy atom. The van der Waals surface area contributed by atoms with E-state index < -0.39 is 0 Å². The highest BCUT2D eigenvalue weighted by atomic mass is 35.5. The Bertz CT molecular complexity index is 1090. The molecule has 1 amide bonds. The summed E-state index contributed by atoms with van der Waals surface area (Å²) in [6, 6.07) is 12.8. The van der Waals surface area contributed by atoms with E-state index in [-0.39, 0.29) is 17.8 Å². The summed E-state index contributed by atoms with van der Waals surface area (Å²) >= 11 is 13.7. The third-order valence-corrected chi connectivity index (χ3v) is 6.27. The number of hydrogen-bond acceptors (Lipinski definition) is 5. The highest BCUT2D eigenvalue weighted by Crippen LogP contribution is 2.30. The summed E-state index contributed by atoms with van der Waals surface area (Å²) in [6.45, 7) is 8.76. The number of aromatic nitrogens is 3. The third-order valence-electron chi connectivity index (χ3n) is 4.59. The SMILES string of the molecule is Cc1ccc(NC(=O)CSc2nnc(C(C)Oc3ccccc3Cl)n2CC(C)C)cc1Cl. The largest absolute Gasteiger partial charge is 0.481 e. The van der Waals surface area contributed by atoms with Gasteiger partial charge in [0, 0.05) is 17.3 Å². The summed E-state index contributed by atoms with van der Waals surface area (Å²) in [4.78, 5) is 12.5. The summed E-state index contributed by atoms with van der Waals surface area (Å²) in [6.07, 6.45) is -0.362. The number of para-hydroxylation sites is 1. The summed E-state index contributed by atoms with van der Waals surface area (Å²) in [7, 11) is 0. The molecule has 1 heterocycles. The van der Waals surface area contributed by atoms with E-state index in [2.05, 4.69) is 29.4 Å². The molecule has 1 N–H and O–H groups in total. The van der Waals surface area contributed by atoms with Gasteiger partial charge in [0.05, 0.1) is 10.8 Å². The monoisotopic (exact) mass is 492 g/mol. The molecule has 0 saturated heterocycles. The minimum Gasteiger partial charge on any atom is -0.481 e. The Morgan fingerprint density at radius 2 is 1.88 bits per heavy atom. The van der Waals surface area contributed by atoms with Crippen LogP contribution in [-0.2, 0) is 11.3 Å². The zero-order valence-electron chi connectivity index (χ0n) is 18.4. The number of nitrogens with zero attached hydrogens (tertiary/aromatic N) is 3. The standard InChI is InChI=1S/C23H26Cl2N4O2S/c1-14(2)12-29-22(16(4)31-20-8-6-5-7-18(20)24)27-28-23(29)32-13-21(30)26-17-10-9-15(3)19(25)11-17/h5-11,14,16H,12-13H2,1-4H3,(H,26,30). The topological polar surface area (TPSA) is 69.0 Å². The molecule has 1 atom stereocenters. The number of carbonyl (C=O) groups is 1. The van der Waals surface area contributed by atoms with Gasteiger partial charge in [0.25, 0.3) is 0 Å². The maximum Gasteiger partial charge on any atom is 0.234 e. The Hall–Kier alpha value is -2.22. The first kappa shape index (κ1) is 24.4. The van der Waals surface area contributed by atoms with Gasteiger partial charge in [-0.3, -0.25) is 4.79 Å². The fourth-order valence-electron chi connectivity index (χ4n) is 3.03. The van der Waals surface area contributed by atoms with Crippen LogP contribution in [0.1, 0.15) is 38.3 Å². The summed E-state index contributed by atoms with van der Waals surface area (Å²) in [5.74, 6) is 1.69. The molecule has 9 heteroatoms. The highest BCUT2D eigenvalue weighted by molar-refractivity contribution is 7.99. The maximum absolute atomic E-state index is 12.5. The van der Waals surface area contributed by atoms with Gasteiger partial charge in [-0.15, -0.1) is 10.2 Å². The van der Waals surface area contributed by atoms with E-state index in [0.717, 1.165) is 5.56 Å². The molecule has 0 spiro atoms. The van der Waals surface area contributed by atoms with Crippen molar-refractivity contribution in [2.45, 2.75) is 45.5 Å². The molecule has 0 fully saturated rings. The molecule has 3 rings (SSSR count). The molecule has 0 aliphatic heterocycles. The first-order valence-electron chi connectivity index (χ1n) is 10.3. The lowest BCUT2D eigenvalue weighted by molar-refractivity contribution is -0.113. The average Bonchev–Trinajstić information content (AvgIpc) is 3.13. The normalized spacial score (nSPS) is 12.1. The van der Waals surface area contributed by atoms with Gasteiger partial charge in [-0.25, -0.2) is 0 Å². The molecule has 0 radical (unpaired) electrons. The van der Waals surface area contributed by atoms with Crippen molar-refractivity contribution >= 4 is 46.6 Å². The number of anilines is 1. The molecule has 0 aliphatic carbocycles. The van der Waals surface area contributed by atoms with E-state index in [1.54, 1.807) is 12.1 Å². The van der Waals surface area contributed by atoms with Gasteiger partial charge in [-0.2, -0.15) is 0 Å². The number of rotatable bonds is 9. The molecule has 1 unspecified atom stereocenters. The second-order valence-corrected chi connectivity index (χ2v) is 9.59. The minimum absolute atomic E-state index is 0.143. The molecule has 32 heavy (non-hydrogen) atoms. The predicted molar refractivity (Wildman–Crippen MR) is 131 cm³/mol. The van der Waals surface area contributed by atoms with Crippen molar-refractivity contribution in [3.05, 3.63) is 63.9 Å². The van der Waals surface area contributed by atoms with Crippen LogP contribution in [0.2, 0.25) is 10.0 Å². The van der Waals surface area contributed by atoms with E-state index in [9.17, 15) is 4.79 Å². The molecular formula is C23H26Cl2N4O2S. The lowest BCUT2D eigenvalue weighted by Gasteiger charge is -2.18. The Balaban J connectivity index is 1.70. The number of amides is 1. The second-order valence-electron chi connectivity index (χ2n) is 7.84. The van der Waals surface area contributed by atoms with Crippen molar-refractivity contribution in [1.29, 1.82) is 0 Å². The summed E-state index contributed by atoms with van der Waals surface area (Å²) in [5, 5.41) is 13.4. The maximum atomic E-state index is 12.5. The van der Waals surface area contributed by atoms with Crippen LogP contribution in [0.5, 0.6) is 5.75 Å². The van der Waals surface area contributed by atoms with Crippen LogP contribution < -0.4 is 10.1 Å². The van der Waals surface area contributed by atoms with Crippen molar-refractivity contribution in [3.8, 4) is 5.75 Å². The molecular weight excluding hydrogens is 467 g/mol. The van der Waals surface area contributed by atoms with E-state index >= 15 is 0 Å². The van der Waals surface area contributed by atoms with Crippen LogP contribution in [0, 0.1) is 12.8 Å². The Morgan fingerprint density at radius 1 is 1.12 bits per heavy atom. The van der Waals surface area contributed by atoms with Crippen LogP contribution in [0.25, 0.3) is 0 Å². The molecule has 0 bridgehead atoms. The first-order chi connectivity index (χ1) is 15.2. The lowest BCUT2D eigenvalue weighted by Crippen LogP contribution is -2.17. The van der Waals surface area contributed by atoms with Crippen LogP contribution in [0.3, 0.4) is 0 Å². The molecule has 170 valence electrons. The van der Waals surface area contributed by atoms with Crippen molar-refractivity contribution in [2.24, 2.45) is 5.92 Å². The number of ether oxygens (including phenoxy) is 1. The molecule has 6 nitrogen and oxygen atoms in total. The van der Waals surface area contributed by atoms with E-state index in [1.165, 1.54) is 11.8 Å². The van der Waals surface area contributed by atoms with Crippen LogP contribution in [0.15, 0.2) is 47.6 Å². The fourth-order valence-corrected chi connectivity index (χ4v) is 4.14. The smallest absolute Gasteiger partial charge is 0.234 e. The molecule has 0 aliphatic rings. The van der Waals surface area contributed by atoms with Gasteiger partial charge in [0.2, 0.25) is 5.91 Å². The zero-order chi connectivity index (χ0) is 23.3. The van der Waals surface area contributed by atoms with Crippen LogP contribution in [-0.4, -0.2) is 26.4 Å². The summed E-state index contributed by atoms with van der Waals surface area (Å²) in [5.41, 5.74) is 1.62. The second kappa shape index (κ2) is 11.1. The number of nitrogens with one attached hydrogen (secondary N) is 1. The first-order valence-corrected chi connectivity index (χ1v) is 12.0. The van der Waals surface area contributed by atoms with Crippen molar-refractivity contribution in [3.63, 3.8) is 0 Å². The number of thioether (sulfide) groups is 1. The van der Waals surface area contributed by atoms with Crippen molar-refractivity contribution in [1.82, 2.24) is 14.8 Å². The van der Waals surface area contributed by atoms with E-state index in [4.69, 9.17) is 27.9 Å². The van der Waals surface area contributed by atoms with Crippen LogP contribution >= 0.6 is 35.0 Å². The fraction of sp³-hybridized carbons (Fsp3) is 0.348. The highest BCUT2D eigenvalue weighted by Gasteiger charge is 2.21. The van der Waals surface area contributed by atoms with Gasteiger partial charge in [-0.1, -0.05) is 67.0 Å². The number of halogens is 2. The van der Waals surface area contributed by atoms with Gasteiger partial charge in [0.15, 0.2) is 17.1 Å². The van der Waals surface area contributed by atoms with Crippen molar-refractivity contribution in [2.75, 3.05) is 11.1 Å². The molecule has 2 aromatic carbocycles. The van der Waals surface area contributed by atoms with Crippen LogP contribution in [0.4, 0.5) is 5.69 Å². The molecule has 1 aromatic heterocycles.